The van der Waals surface area contributed by atoms with Crippen molar-refractivity contribution in [3.8, 4) is 17.3 Å². The Labute approximate surface area is 156 Å². The molecule has 0 bridgehead atoms. The number of benzene rings is 2. The molecule has 1 amide bonds. The highest BCUT2D eigenvalue weighted by atomic mass is 16.2. The lowest BCUT2D eigenvalue weighted by molar-refractivity contribution is -0.117. The summed E-state index contributed by atoms with van der Waals surface area (Å²) >= 11 is 0. The van der Waals surface area contributed by atoms with E-state index in [4.69, 9.17) is 5.26 Å². The highest BCUT2D eigenvalue weighted by molar-refractivity contribution is 5.90. The van der Waals surface area contributed by atoms with Gasteiger partial charge in [0, 0.05) is 17.3 Å². The van der Waals surface area contributed by atoms with Gasteiger partial charge in [0.1, 0.15) is 6.54 Å². The predicted molar refractivity (Wildman–Crippen MR) is 103 cm³/mol. The van der Waals surface area contributed by atoms with Gasteiger partial charge >= 0.3 is 0 Å². The van der Waals surface area contributed by atoms with Crippen LogP contribution in [0.15, 0.2) is 65.5 Å². The third-order valence-electron chi connectivity index (χ3n) is 4.09. The van der Waals surface area contributed by atoms with Gasteiger partial charge < -0.3 is 5.32 Å². The Morgan fingerprint density at radius 2 is 1.93 bits per heavy atom. The maximum Gasteiger partial charge on any atom is 0.267 e. The monoisotopic (exact) mass is 358 g/mol. The minimum atomic E-state index is -0.391. The van der Waals surface area contributed by atoms with Gasteiger partial charge in [-0.25, -0.2) is 4.68 Å². The summed E-state index contributed by atoms with van der Waals surface area (Å²) in [5.74, 6) is -0.391. The number of hydrogen-bond donors (Lipinski definition) is 1. The second-order valence-electron chi connectivity index (χ2n) is 6.01. The summed E-state index contributed by atoms with van der Waals surface area (Å²) in [6.07, 6.45) is 0.945. The Morgan fingerprint density at radius 3 is 2.63 bits per heavy atom. The van der Waals surface area contributed by atoms with Crippen LogP contribution >= 0.6 is 0 Å². The Morgan fingerprint density at radius 1 is 1.15 bits per heavy atom. The molecule has 0 unspecified atom stereocenters. The summed E-state index contributed by atoms with van der Waals surface area (Å²) in [5, 5.41) is 15.9. The van der Waals surface area contributed by atoms with Crippen LogP contribution in [0.4, 0.5) is 5.69 Å². The molecule has 1 heterocycles. The molecule has 2 aromatic carbocycles. The molecule has 6 heteroatoms. The molecule has 0 saturated heterocycles. The van der Waals surface area contributed by atoms with Crippen LogP contribution in [0.2, 0.25) is 0 Å². The molecule has 6 nitrogen and oxygen atoms in total. The number of nitrogens with one attached hydrogen (secondary N) is 1. The molecule has 0 aliphatic heterocycles. The van der Waals surface area contributed by atoms with Gasteiger partial charge in [-0.2, -0.15) is 10.4 Å². The average Bonchev–Trinajstić information content (AvgIpc) is 2.70. The predicted octanol–water partition coefficient (Wildman–Crippen LogP) is 2.98. The van der Waals surface area contributed by atoms with Crippen LogP contribution in [0.1, 0.15) is 18.1 Å². The van der Waals surface area contributed by atoms with E-state index in [0.29, 0.717) is 16.9 Å². The maximum absolute atomic E-state index is 12.3. The molecule has 1 N–H and O–H groups in total. The lowest BCUT2D eigenvalue weighted by atomic mass is 10.1. The van der Waals surface area contributed by atoms with Gasteiger partial charge in [0.25, 0.3) is 5.56 Å². The summed E-state index contributed by atoms with van der Waals surface area (Å²) < 4.78 is 1.13. The molecule has 0 aliphatic carbocycles. The number of nitrogens with zero attached hydrogens (tertiary/aromatic N) is 3. The average molecular weight is 358 g/mol. The highest BCUT2D eigenvalue weighted by Crippen LogP contribution is 2.16. The fourth-order valence-corrected chi connectivity index (χ4v) is 2.63. The van der Waals surface area contributed by atoms with Crippen LogP contribution in [0.5, 0.6) is 0 Å². The molecule has 134 valence electrons. The molecule has 0 saturated carbocycles. The summed E-state index contributed by atoms with van der Waals surface area (Å²) in [6.45, 7) is 1.87. The Balaban J connectivity index is 1.78. The van der Waals surface area contributed by atoms with Crippen LogP contribution < -0.4 is 10.9 Å². The first-order valence-corrected chi connectivity index (χ1v) is 8.56. The zero-order valence-corrected chi connectivity index (χ0v) is 14.8. The number of amides is 1. The van der Waals surface area contributed by atoms with Gasteiger partial charge in [-0.3, -0.25) is 9.59 Å². The van der Waals surface area contributed by atoms with Gasteiger partial charge in [-0.05, 0) is 36.2 Å². The first-order chi connectivity index (χ1) is 13.1. The lowest BCUT2D eigenvalue weighted by Gasteiger charge is -2.09. The summed E-state index contributed by atoms with van der Waals surface area (Å²) in [5.41, 5.74) is 3.30. The second-order valence-corrected chi connectivity index (χ2v) is 6.01. The molecule has 3 rings (SSSR count). The molecular formula is C21H18N4O2. The van der Waals surface area contributed by atoms with Crippen molar-refractivity contribution in [2.75, 3.05) is 5.32 Å². The van der Waals surface area contributed by atoms with Crippen molar-refractivity contribution in [3.05, 3.63) is 82.1 Å². The van der Waals surface area contributed by atoms with E-state index in [1.165, 1.54) is 11.6 Å². The van der Waals surface area contributed by atoms with E-state index < -0.39 is 5.91 Å². The molecule has 0 aliphatic rings. The van der Waals surface area contributed by atoms with Gasteiger partial charge in [0.2, 0.25) is 5.91 Å². The lowest BCUT2D eigenvalue weighted by Crippen LogP contribution is -2.29. The first kappa shape index (κ1) is 18.1. The van der Waals surface area contributed by atoms with E-state index in [1.807, 2.05) is 30.3 Å². The quantitative estimate of drug-likeness (QED) is 0.759. The van der Waals surface area contributed by atoms with Crippen molar-refractivity contribution in [1.29, 1.82) is 5.26 Å². The van der Waals surface area contributed by atoms with E-state index in [2.05, 4.69) is 17.3 Å². The number of carbonyl (C=O) groups excluding carboxylic acids is 1. The van der Waals surface area contributed by atoms with Crippen molar-refractivity contribution in [1.82, 2.24) is 9.78 Å². The normalized spacial score (nSPS) is 10.2. The standard InChI is InChI=1S/C21H18N4O2/c1-2-15-6-8-17(9-7-15)19-10-11-21(27)25(24-19)14-20(26)23-18-5-3-4-16(12-18)13-22/h3-12H,2,14H2,1H3,(H,23,26). The van der Waals surface area contributed by atoms with Crippen LogP contribution in [-0.2, 0) is 17.8 Å². The number of rotatable bonds is 5. The molecule has 0 fully saturated rings. The second kappa shape index (κ2) is 8.11. The van der Waals surface area contributed by atoms with Crippen molar-refractivity contribution in [2.45, 2.75) is 19.9 Å². The summed E-state index contributed by atoms with van der Waals surface area (Å²) in [7, 11) is 0. The minimum Gasteiger partial charge on any atom is -0.324 e. The molecule has 0 radical (unpaired) electrons. The Hall–Kier alpha value is -3.72. The van der Waals surface area contributed by atoms with Gasteiger partial charge in [0.15, 0.2) is 0 Å². The zero-order valence-electron chi connectivity index (χ0n) is 14.8. The Kier molecular flexibility index (Phi) is 5.43. The topological polar surface area (TPSA) is 87.8 Å². The number of aryl methyl sites for hydroxylation is 1. The van der Waals surface area contributed by atoms with Crippen molar-refractivity contribution < 1.29 is 4.79 Å². The fraction of sp³-hybridized carbons (Fsp3) is 0.143. The van der Waals surface area contributed by atoms with E-state index in [9.17, 15) is 9.59 Å². The van der Waals surface area contributed by atoms with Crippen LogP contribution in [0, 0.1) is 11.3 Å². The maximum atomic E-state index is 12.3. The number of carbonyl (C=O) groups is 1. The van der Waals surface area contributed by atoms with E-state index in [0.717, 1.165) is 16.7 Å². The SMILES string of the molecule is CCc1ccc(-c2ccc(=O)n(CC(=O)Nc3cccc(C#N)c3)n2)cc1. The van der Waals surface area contributed by atoms with Crippen molar-refractivity contribution in [2.24, 2.45) is 0 Å². The number of anilines is 1. The Bertz CT molecular complexity index is 1060. The third-order valence-corrected chi connectivity index (χ3v) is 4.09. The molecule has 0 atom stereocenters. The van der Waals surface area contributed by atoms with Crippen molar-refractivity contribution >= 4 is 11.6 Å². The minimum absolute atomic E-state index is 0.212. The van der Waals surface area contributed by atoms with Gasteiger partial charge in [0.05, 0.1) is 17.3 Å². The molecule has 27 heavy (non-hydrogen) atoms. The molecular weight excluding hydrogens is 340 g/mol. The van der Waals surface area contributed by atoms with Gasteiger partial charge in [-0.15, -0.1) is 0 Å². The van der Waals surface area contributed by atoms with Crippen LogP contribution in [-0.4, -0.2) is 15.7 Å². The summed E-state index contributed by atoms with van der Waals surface area (Å²) in [6, 6.07) is 19.6. The van der Waals surface area contributed by atoms with E-state index in [1.54, 1.807) is 30.3 Å². The summed E-state index contributed by atoms with van der Waals surface area (Å²) in [4.78, 5) is 24.3. The molecule has 1 aromatic heterocycles. The van der Waals surface area contributed by atoms with Crippen LogP contribution in [0.3, 0.4) is 0 Å². The third kappa shape index (κ3) is 4.47. The smallest absolute Gasteiger partial charge is 0.267 e. The molecule has 0 spiro atoms. The molecule has 3 aromatic rings. The zero-order chi connectivity index (χ0) is 19.2. The fourth-order valence-electron chi connectivity index (χ4n) is 2.63. The first-order valence-electron chi connectivity index (χ1n) is 8.56. The van der Waals surface area contributed by atoms with Gasteiger partial charge in [-0.1, -0.05) is 37.3 Å². The van der Waals surface area contributed by atoms with Crippen molar-refractivity contribution in [3.63, 3.8) is 0 Å². The number of hydrogen-bond acceptors (Lipinski definition) is 4. The number of nitriles is 1. The van der Waals surface area contributed by atoms with E-state index in [-0.39, 0.29) is 12.1 Å². The largest absolute Gasteiger partial charge is 0.324 e. The van der Waals surface area contributed by atoms with E-state index >= 15 is 0 Å². The highest BCUT2D eigenvalue weighted by Gasteiger charge is 2.09. The van der Waals surface area contributed by atoms with Crippen LogP contribution in [0.25, 0.3) is 11.3 Å². The number of aromatic nitrogens is 2.